The maximum absolute atomic E-state index is 12.8. The molecule has 0 saturated heterocycles. The minimum Gasteiger partial charge on any atom is -0.323 e. The molecule has 184 valence electrons. The highest BCUT2D eigenvalue weighted by Gasteiger charge is 2.29. The molecule has 5 aromatic rings. The van der Waals surface area contributed by atoms with Gasteiger partial charge in [0.1, 0.15) is 5.82 Å². The molecule has 0 bridgehead atoms. The van der Waals surface area contributed by atoms with Crippen LogP contribution in [-0.4, -0.2) is 29.4 Å². The summed E-state index contributed by atoms with van der Waals surface area (Å²) in [7, 11) is 0. The van der Waals surface area contributed by atoms with Crippen LogP contribution in [0, 0.1) is 6.92 Å². The maximum Gasteiger partial charge on any atom is 0.416 e. The molecule has 0 aliphatic heterocycles. The smallest absolute Gasteiger partial charge is 0.323 e. The molecule has 5 rings (SSSR count). The summed E-state index contributed by atoms with van der Waals surface area (Å²) in [6.45, 7) is 2.21. The SMILES string of the molecule is Cc1cc(Nc2ccn(Cc3ccc(C(F)(F)F)cc3)n2)n2nc(SCc3ccc(Br)cc3)nc2n1. The number of hydrogen-bond acceptors (Lipinski definition) is 6. The predicted molar refractivity (Wildman–Crippen MR) is 135 cm³/mol. The van der Waals surface area contributed by atoms with E-state index in [1.54, 1.807) is 21.5 Å². The summed E-state index contributed by atoms with van der Waals surface area (Å²) in [5, 5.41) is 12.9. The fourth-order valence-corrected chi connectivity index (χ4v) is 4.52. The van der Waals surface area contributed by atoms with Crippen molar-refractivity contribution in [3.05, 3.63) is 93.7 Å². The van der Waals surface area contributed by atoms with E-state index in [-0.39, 0.29) is 0 Å². The van der Waals surface area contributed by atoms with Crippen molar-refractivity contribution in [2.45, 2.75) is 30.6 Å². The zero-order chi connectivity index (χ0) is 25.3. The first-order chi connectivity index (χ1) is 17.2. The molecule has 36 heavy (non-hydrogen) atoms. The second kappa shape index (κ2) is 9.94. The van der Waals surface area contributed by atoms with Crippen molar-refractivity contribution in [1.82, 2.24) is 29.4 Å². The second-order valence-electron chi connectivity index (χ2n) is 8.02. The van der Waals surface area contributed by atoms with Gasteiger partial charge >= 0.3 is 6.18 Å². The fourth-order valence-electron chi connectivity index (χ4n) is 3.48. The summed E-state index contributed by atoms with van der Waals surface area (Å²) in [5.41, 5.74) is 1.96. The highest BCUT2D eigenvalue weighted by Crippen LogP contribution is 2.29. The molecule has 0 fully saturated rings. The van der Waals surface area contributed by atoms with Crippen molar-refractivity contribution in [3.63, 3.8) is 0 Å². The van der Waals surface area contributed by atoms with Crippen LogP contribution in [0.2, 0.25) is 0 Å². The van der Waals surface area contributed by atoms with Gasteiger partial charge in [0.15, 0.2) is 5.82 Å². The van der Waals surface area contributed by atoms with Crippen LogP contribution >= 0.6 is 27.7 Å². The molecule has 0 unspecified atom stereocenters. The number of aromatic nitrogens is 6. The Labute approximate surface area is 216 Å². The van der Waals surface area contributed by atoms with Crippen LogP contribution in [0.4, 0.5) is 24.8 Å². The molecule has 0 saturated carbocycles. The van der Waals surface area contributed by atoms with E-state index < -0.39 is 11.7 Å². The average Bonchev–Trinajstić information content (AvgIpc) is 3.45. The van der Waals surface area contributed by atoms with E-state index in [1.165, 1.54) is 23.9 Å². The summed E-state index contributed by atoms with van der Waals surface area (Å²) in [6, 6.07) is 16.8. The van der Waals surface area contributed by atoms with Crippen molar-refractivity contribution in [2.24, 2.45) is 0 Å². The Hall–Kier alpha value is -3.38. The van der Waals surface area contributed by atoms with Crippen LogP contribution in [0.1, 0.15) is 22.4 Å². The largest absolute Gasteiger partial charge is 0.416 e. The number of halogens is 4. The van der Waals surface area contributed by atoms with Gasteiger partial charge in [-0.25, -0.2) is 4.98 Å². The van der Waals surface area contributed by atoms with Crippen molar-refractivity contribution < 1.29 is 13.2 Å². The number of nitrogens with zero attached hydrogens (tertiary/aromatic N) is 6. The number of fused-ring (bicyclic) bond motifs is 1. The molecule has 0 radical (unpaired) electrons. The Morgan fingerprint density at radius 2 is 1.67 bits per heavy atom. The van der Waals surface area contributed by atoms with Gasteiger partial charge in [0.25, 0.3) is 5.78 Å². The van der Waals surface area contributed by atoms with E-state index in [0.29, 0.717) is 34.7 Å². The molecule has 3 aromatic heterocycles. The van der Waals surface area contributed by atoms with Crippen LogP contribution in [0.15, 0.2) is 76.5 Å². The number of nitrogens with one attached hydrogen (secondary N) is 1. The number of alkyl halides is 3. The Balaban J connectivity index is 1.30. The fraction of sp³-hybridized carbons (Fsp3) is 0.167. The first-order valence-corrected chi connectivity index (χ1v) is 12.6. The van der Waals surface area contributed by atoms with Gasteiger partial charge < -0.3 is 5.32 Å². The van der Waals surface area contributed by atoms with Crippen LogP contribution in [0.25, 0.3) is 5.78 Å². The normalized spacial score (nSPS) is 11.8. The summed E-state index contributed by atoms with van der Waals surface area (Å²) in [6.07, 6.45) is -2.60. The van der Waals surface area contributed by atoms with Crippen molar-refractivity contribution in [2.75, 3.05) is 5.32 Å². The molecular formula is C24H19BrF3N7S. The van der Waals surface area contributed by atoms with Gasteiger partial charge in [-0.2, -0.15) is 27.8 Å². The Morgan fingerprint density at radius 3 is 2.39 bits per heavy atom. The van der Waals surface area contributed by atoms with Gasteiger partial charge in [-0.3, -0.25) is 4.68 Å². The van der Waals surface area contributed by atoms with Crippen LogP contribution in [-0.2, 0) is 18.5 Å². The summed E-state index contributed by atoms with van der Waals surface area (Å²) >= 11 is 4.96. The first-order valence-electron chi connectivity index (χ1n) is 10.8. The van der Waals surface area contributed by atoms with Gasteiger partial charge in [-0.1, -0.05) is 52.0 Å². The van der Waals surface area contributed by atoms with Gasteiger partial charge in [0.2, 0.25) is 5.16 Å². The number of rotatable bonds is 7. The van der Waals surface area contributed by atoms with E-state index in [0.717, 1.165) is 33.6 Å². The van der Waals surface area contributed by atoms with Crippen LogP contribution in [0.5, 0.6) is 0 Å². The molecule has 2 aromatic carbocycles. The molecule has 12 heteroatoms. The van der Waals surface area contributed by atoms with E-state index in [4.69, 9.17) is 0 Å². The van der Waals surface area contributed by atoms with Gasteiger partial charge in [0.05, 0.1) is 12.1 Å². The third kappa shape index (κ3) is 5.71. The van der Waals surface area contributed by atoms with E-state index >= 15 is 0 Å². The molecule has 0 aliphatic rings. The maximum atomic E-state index is 12.8. The van der Waals surface area contributed by atoms with E-state index in [1.807, 2.05) is 37.3 Å². The Morgan fingerprint density at radius 1 is 0.944 bits per heavy atom. The minimum absolute atomic E-state index is 0.338. The van der Waals surface area contributed by atoms with Crippen LogP contribution in [0.3, 0.4) is 0 Å². The van der Waals surface area contributed by atoms with Crippen molar-refractivity contribution in [1.29, 1.82) is 0 Å². The summed E-state index contributed by atoms with van der Waals surface area (Å²) < 4.78 is 42.7. The number of anilines is 2. The Bertz CT molecular complexity index is 1500. The second-order valence-corrected chi connectivity index (χ2v) is 9.88. The lowest BCUT2D eigenvalue weighted by Crippen LogP contribution is -2.06. The van der Waals surface area contributed by atoms with Crippen molar-refractivity contribution in [3.8, 4) is 0 Å². The number of benzene rings is 2. The molecule has 0 atom stereocenters. The molecule has 3 heterocycles. The first kappa shape index (κ1) is 24.3. The standard InChI is InChI=1S/C24H19BrF3N7S/c1-15-12-21(35-22(29-15)31-23(33-35)36-14-17-4-8-19(25)9-5-17)30-20-10-11-34(32-20)13-16-2-6-18(7-3-16)24(26,27)28/h2-12H,13-14H2,1H3,(H,30,32). The average molecular weight is 574 g/mol. The van der Waals surface area contributed by atoms with Gasteiger partial charge in [0, 0.05) is 34.2 Å². The van der Waals surface area contributed by atoms with E-state index in [9.17, 15) is 13.2 Å². The zero-order valence-electron chi connectivity index (χ0n) is 18.9. The number of hydrogen-bond donors (Lipinski definition) is 1. The number of aryl methyl sites for hydroxylation is 1. The van der Waals surface area contributed by atoms with Gasteiger partial charge in [-0.15, -0.1) is 5.10 Å². The molecule has 0 aliphatic carbocycles. The monoisotopic (exact) mass is 573 g/mol. The quantitative estimate of drug-likeness (QED) is 0.224. The predicted octanol–water partition coefficient (Wildman–Crippen LogP) is 6.49. The lowest BCUT2D eigenvalue weighted by atomic mass is 10.1. The minimum atomic E-state index is -4.35. The topological polar surface area (TPSA) is 72.9 Å². The summed E-state index contributed by atoms with van der Waals surface area (Å²) in [5.74, 6) is 2.41. The molecular weight excluding hydrogens is 555 g/mol. The molecule has 7 nitrogen and oxygen atoms in total. The summed E-state index contributed by atoms with van der Waals surface area (Å²) in [4.78, 5) is 9.02. The highest BCUT2D eigenvalue weighted by atomic mass is 79.9. The van der Waals surface area contributed by atoms with Crippen molar-refractivity contribution >= 4 is 45.1 Å². The highest BCUT2D eigenvalue weighted by molar-refractivity contribution is 9.10. The zero-order valence-corrected chi connectivity index (χ0v) is 21.3. The lowest BCUT2D eigenvalue weighted by Gasteiger charge is -2.08. The lowest BCUT2D eigenvalue weighted by molar-refractivity contribution is -0.137. The molecule has 1 N–H and O–H groups in total. The third-order valence-corrected chi connectivity index (χ3v) is 6.66. The van der Waals surface area contributed by atoms with E-state index in [2.05, 4.69) is 41.4 Å². The van der Waals surface area contributed by atoms with Crippen LogP contribution < -0.4 is 5.32 Å². The third-order valence-electron chi connectivity index (χ3n) is 5.22. The number of thioether (sulfide) groups is 1. The Kier molecular flexibility index (Phi) is 6.71. The molecule has 0 spiro atoms. The molecule has 0 amide bonds. The van der Waals surface area contributed by atoms with Gasteiger partial charge in [-0.05, 0) is 42.3 Å².